The van der Waals surface area contributed by atoms with Crippen molar-refractivity contribution in [2.45, 2.75) is 43.6 Å². The van der Waals surface area contributed by atoms with Crippen LogP contribution in [0.4, 0.5) is 5.82 Å². The van der Waals surface area contributed by atoms with Crippen molar-refractivity contribution >= 4 is 23.5 Å². The van der Waals surface area contributed by atoms with E-state index in [1.807, 2.05) is 13.8 Å². The average Bonchev–Trinajstić information content (AvgIpc) is 2.81. The Kier molecular flexibility index (Phi) is 4.51. The number of aromatic amines is 2. The molecule has 0 aromatic carbocycles. The topological polar surface area (TPSA) is 109 Å². The van der Waals surface area contributed by atoms with Gasteiger partial charge in [-0.05, 0) is 32.8 Å². The van der Waals surface area contributed by atoms with E-state index in [1.54, 1.807) is 23.0 Å². The van der Waals surface area contributed by atoms with Crippen LogP contribution in [0.1, 0.15) is 49.1 Å². The summed E-state index contributed by atoms with van der Waals surface area (Å²) >= 11 is 1.29. The Bertz CT molecular complexity index is 990. The van der Waals surface area contributed by atoms with E-state index in [4.69, 9.17) is 4.74 Å². The zero-order valence-electron chi connectivity index (χ0n) is 15.2. The lowest BCUT2D eigenvalue weighted by molar-refractivity contribution is -0.113. The number of ether oxygens (including phenoxy) is 1. The van der Waals surface area contributed by atoms with Crippen molar-refractivity contribution < 1.29 is 9.53 Å². The number of nitrogens with one attached hydrogen (secondary N) is 3. The van der Waals surface area contributed by atoms with E-state index in [2.05, 4.69) is 15.4 Å². The van der Waals surface area contributed by atoms with Crippen LogP contribution in [0.3, 0.4) is 0 Å². The van der Waals surface area contributed by atoms with Gasteiger partial charge in [-0.2, -0.15) is 0 Å². The van der Waals surface area contributed by atoms with Gasteiger partial charge in [-0.15, -0.1) is 11.8 Å². The summed E-state index contributed by atoms with van der Waals surface area (Å²) in [7, 11) is 0. The largest absolute Gasteiger partial charge is 0.375 e. The molecule has 27 heavy (non-hydrogen) atoms. The van der Waals surface area contributed by atoms with E-state index in [0.717, 1.165) is 6.42 Å². The number of pyridine rings is 1. The number of nitrogens with zero attached hydrogens (tertiary/aromatic N) is 1. The quantitative estimate of drug-likeness (QED) is 0.724. The standard InChI is InChI=1S/C18H22N4O4S/c1-18(2)8-10(5-7-26-18)22-15-13(17(25)21-22)14(27-9-12(23)20-15)11-4-3-6-19-16(11)24/h3-4,6,10,14H,5,7-9H2,1-2H3,(H,19,24)(H,20,23)(H,21,25). The first-order valence-electron chi connectivity index (χ1n) is 8.93. The van der Waals surface area contributed by atoms with Crippen LogP contribution in [0.2, 0.25) is 0 Å². The number of anilines is 1. The zero-order valence-corrected chi connectivity index (χ0v) is 16.0. The lowest BCUT2D eigenvalue weighted by Crippen LogP contribution is -2.36. The van der Waals surface area contributed by atoms with Gasteiger partial charge in [-0.3, -0.25) is 24.2 Å². The van der Waals surface area contributed by atoms with Crippen LogP contribution in [-0.4, -0.2) is 38.6 Å². The fourth-order valence-electron chi connectivity index (χ4n) is 3.82. The van der Waals surface area contributed by atoms with Crippen LogP contribution in [0.15, 0.2) is 27.9 Å². The fourth-order valence-corrected chi connectivity index (χ4v) is 4.97. The molecule has 0 spiro atoms. The van der Waals surface area contributed by atoms with E-state index in [9.17, 15) is 14.4 Å². The highest BCUT2D eigenvalue weighted by Crippen LogP contribution is 2.41. The van der Waals surface area contributed by atoms with Gasteiger partial charge in [0, 0.05) is 18.4 Å². The molecule has 8 nitrogen and oxygen atoms in total. The molecular formula is C18H22N4O4S. The number of fused-ring (bicyclic) bond motifs is 1. The van der Waals surface area contributed by atoms with Crippen LogP contribution >= 0.6 is 11.8 Å². The summed E-state index contributed by atoms with van der Waals surface area (Å²) in [5.74, 6) is 0.452. The van der Waals surface area contributed by atoms with Crippen molar-refractivity contribution in [2.24, 2.45) is 0 Å². The fraction of sp³-hybridized carbons (Fsp3) is 0.500. The molecule has 1 saturated heterocycles. The predicted molar refractivity (Wildman–Crippen MR) is 103 cm³/mol. The molecule has 1 amide bonds. The van der Waals surface area contributed by atoms with E-state index in [-0.39, 0.29) is 34.4 Å². The molecule has 2 aliphatic heterocycles. The van der Waals surface area contributed by atoms with Crippen molar-refractivity contribution in [1.29, 1.82) is 0 Å². The number of rotatable bonds is 2. The average molecular weight is 390 g/mol. The molecule has 2 unspecified atom stereocenters. The number of carbonyl (C=O) groups excluding carboxylic acids is 1. The molecule has 1 fully saturated rings. The Hall–Kier alpha value is -2.26. The Morgan fingerprint density at radius 2 is 2.07 bits per heavy atom. The van der Waals surface area contributed by atoms with E-state index in [1.165, 1.54) is 11.8 Å². The lowest BCUT2D eigenvalue weighted by atomic mass is 9.94. The van der Waals surface area contributed by atoms with Crippen LogP contribution < -0.4 is 16.4 Å². The molecule has 2 aliphatic rings. The van der Waals surface area contributed by atoms with Crippen molar-refractivity contribution in [2.75, 3.05) is 17.7 Å². The second-order valence-electron chi connectivity index (χ2n) is 7.52. The van der Waals surface area contributed by atoms with Gasteiger partial charge in [0.25, 0.3) is 11.1 Å². The second kappa shape index (κ2) is 6.72. The molecule has 4 heterocycles. The van der Waals surface area contributed by atoms with E-state index >= 15 is 0 Å². The first kappa shape index (κ1) is 18.1. The van der Waals surface area contributed by atoms with Crippen molar-refractivity contribution in [1.82, 2.24) is 14.8 Å². The highest BCUT2D eigenvalue weighted by Gasteiger charge is 2.36. The molecule has 0 bridgehead atoms. The molecule has 0 radical (unpaired) electrons. The highest BCUT2D eigenvalue weighted by molar-refractivity contribution is 8.00. The normalized spacial score (nSPS) is 24.7. The highest BCUT2D eigenvalue weighted by atomic mass is 32.2. The molecule has 9 heteroatoms. The monoisotopic (exact) mass is 390 g/mol. The molecule has 2 aromatic heterocycles. The minimum atomic E-state index is -0.512. The molecule has 0 aliphatic carbocycles. The van der Waals surface area contributed by atoms with Crippen LogP contribution in [-0.2, 0) is 9.53 Å². The van der Waals surface area contributed by atoms with Gasteiger partial charge in [0.15, 0.2) is 0 Å². The number of H-pyrrole nitrogens is 2. The van der Waals surface area contributed by atoms with Crippen molar-refractivity contribution in [3.63, 3.8) is 0 Å². The Balaban J connectivity index is 1.84. The lowest BCUT2D eigenvalue weighted by Gasteiger charge is -2.36. The Morgan fingerprint density at radius 3 is 2.81 bits per heavy atom. The van der Waals surface area contributed by atoms with E-state index < -0.39 is 5.25 Å². The van der Waals surface area contributed by atoms with Gasteiger partial charge < -0.3 is 15.0 Å². The summed E-state index contributed by atoms with van der Waals surface area (Å²) in [6, 6.07) is 3.43. The van der Waals surface area contributed by atoms with E-state index in [0.29, 0.717) is 30.0 Å². The molecule has 2 atom stereocenters. The van der Waals surface area contributed by atoms with Crippen molar-refractivity contribution in [3.05, 3.63) is 50.2 Å². The van der Waals surface area contributed by atoms with Gasteiger partial charge >= 0.3 is 0 Å². The third-order valence-electron chi connectivity index (χ3n) is 5.03. The molecule has 2 aromatic rings. The zero-order chi connectivity index (χ0) is 19.2. The maximum atomic E-state index is 12.9. The Labute approximate surface area is 159 Å². The number of hydrogen-bond acceptors (Lipinski definition) is 5. The summed E-state index contributed by atoms with van der Waals surface area (Å²) in [5, 5.41) is 5.26. The van der Waals surface area contributed by atoms with Gasteiger partial charge in [0.2, 0.25) is 5.91 Å². The third-order valence-corrected chi connectivity index (χ3v) is 6.28. The number of hydrogen-bond donors (Lipinski definition) is 3. The number of aromatic nitrogens is 3. The maximum absolute atomic E-state index is 12.9. The molecule has 4 rings (SSSR count). The van der Waals surface area contributed by atoms with Gasteiger partial charge in [-0.25, -0.2) is 0 Å². The van der Waals surface area contributed by atoms with Crippen LogP contribution in [0.5, 0.6) is 0 Å². The minimum absolute atomic E-state index is 0.00306. The van der Waals surface area contributed by atoms with Gasteiger partial charge in [-0.1, -0.05) is 6.07 Å². The summed E-state index contributed by atoms with van der Waals surface area (Å²) in [4.78, 5) is 40.1. The predicted octanol–water partition coefficient (Wildman–Crippen LogP) is 1.77. The first-order valence-corrected chi connectivity index (χ1v) is 9.98. The Morgan fingerprint density at radius 1 is 1.26 bits per heavy atom. The summed E-state index contributed by atoms with van der Waals surface area (Å²) in [6.45, 7) is 4.61. The van der Waals surface area contributed by atoms with Crippen molar-refractivity contribution in [3.8, 4) is 0 Å². The van der Waals surface area contributed by atoms with Crippen LogP contribution in [0.25, 0.3) is 0 Å². The summed E-state index contributed by atoms with van der Waals surface area (Å²) in [6.07, 6.45) is 3.00. The number of thioether (sulfide) groups is 1. The van der Waals surface area contributed by atoms with Crippen LogP contribution in [0, 0.1) is 0 Å². The number of amides is 1. The number of carbonyl (C=O) groups is 1. The minimum Gasteiger partial charge on any atom is -0.375 e. The molecule has 144 valence electrons. The molecule has 0 saturated carbocycles. The second-order valence-corrected chi connectivity index (χ2v) is 8.62. The SMILES string of the molecule is CC1(C)CC(n2[nH]c(=O)c3c2NC(=O)CSC3c2ccc[nH]c2=O)CCO1. The summed E-state index contributed by atoms with van der Waals surface area (Å²) < 4.78 is 7.54. The van der Waals surface area contributed by atoms with Gasteiger partial charge in [0.1, 0.15) is 5.82 Å². The molecule has 3 N–H and O–H groups in total. The molecular weight excluding hydrogens is 368 g/mol. The summed E-state index contributed by atoms with van der Waals surface area (Å²) in [5.41, 5.74) is 0.0470. The maximum Gasteiger partial charge on any atom is 0.270 e. The first-order chi connectivity index (χ1) is 12.9. The third kappa shape index (κ3) is 3.37. The smallest absolute Gasteiger partial charge is 0.270 e. The van der Waals surface area contributed by atoms with Gasteiger partial charge in [0.05, 0.1) is 28.2 Å².